The van der Waals surface area contributed by atoms with Gasteiger partial charge in [0.1, 0.15) is 5.82 Å². The minimum atomic E-state index is -0.204. The third-order valence-electron chi connectivity index (χ3n) is 3.58. The number of likely N-dealkylation sites (tertiary alicyclic amines) is 1. The van der Waals surface area contributed by atoms with E-state index in [4.69, 9.17) is 11.6 Å². The van der Waals surface area contributed by atoms with Gasteiger partial charge in [0.25, 0.3) is 0 Å². The molecule has 100 valence electrons. The molecule has 1 atom stereocenters. The van der Waals surface area contributed by atoms with Gasteiger partial charge in [-0.05, 0) is 55.5 Å². The lowest BCUT2D eigenvalue weighted by atomic mass is 9.98. The van der Waals surface area contributed by atoms with E-state index in [2.05, 4.69) is 4.90 Å². The maximum atomic E-state index is 13.5. The molecule has 0 bridgehead atoms. The molecule has 0 amide bonds. The summed E-state index contributed by atoms with van der Waals surface area (Å²) in [6.07, 6.45) is 2.15. The van der Waals surface area contributed by atoms with Gasteiger partial charge in [-0.2, -0.15) is 0 Å². The normalized spacial score (nSPS) is 21.2. The highest BCUT2D eigenvalue weighted by Gasteiger charge is 2.20. The zero-order valence-electron chi connectivity index (χ0n) is 10.6. The van der Waals surface area contributed by atoms with Gasteiger partial charge in [0.15, 0.2) is 0 Å². The number of benzene rings is 1. The van der Waals surface area contributed by atoms with Crippen LogP contribution in [0.15, 0.2) is 12.1 Å². The van der Waals surface area contributed by atoms with Crippen molar-refractivity contribution in [2.75, 3.05) is 19.7 Å². The second-order valence-corrected chi connectivity index (χ2v) is 5.53. The summed E-state index contributed by atoms with van der Waals surface area (Å²) in [7, 11) is 0. The minimum Gasteiger partial charge on any atom is -0.396 e. The molecule has 0 radical (unpaired) electrons. The van der Waals surface area contributed by atoms with E-state index in [0.717, 1.165) is 31.5 Å². The molecule has 1 N–H and O–H groups in total. The van der Waals surface area contributed by atoms with Crippen LogP contribution in [0.1, 0.15) is 24.0 Å². The molecular formula is C14H19ClFNO. The molecular weight excluding hydrogens is 253 g/mol. The van der Waals surface area contributed by atoms with Crippen LogP contribution in [0.3, 0.4) is 0 Å². The highest BCUT2D eigenvalue weighted by atomic mass is 35.5. The Morgan fingerprint density at radius 3 is 3.00 bits per heavy atom. The zero-order valence-corrected chi connectivity index (χ0v) is 11.4. The summed E-state index contributed by atoms with van der Waals surface area (Å²) in [5.74, 6) is 0.137. The number of nitrogens with zero attached hydrogens (tertiary/aromatic N) is 1. The molecule has 1 aromatic carbocycles. The molecule has 0 aromatic heterocycles. The Morgan fingerprint density at radius 2 is 2.28 bits per heavy atom. The van der Waals surface area contributed by atoms with Crippen molar-refractivity contribution in [3.05, 3.63) is 34.1 Å². The largest absolute Gasteiger partial charge is 0.396 e. The van der Waals surface area contributed by atoms with Crippen LogP contribution in [0.2, 0.25) is 5.02 Å². The average molecular weight is 272 g/mol. The van der Waals surface area contributed by atoms with Crippen LogP contribution in [0.25, 0.3) is 0 Å². The first kappa shape index (κ1) is 13.8. The van der Waals surface area contributed by atoms with E-state index in [9.17, 15) is 9.50 Å². The number of hydrogen-bond donors (Lipinski definition) is 1. The van der Waals surface area contributed by atoms with Gasteiger partial charge in [0, 0.05) is 24.7 Å². The summed E-state index contributed by atoms with van der Waals surface area (Å²) in [5.41, 5.74) is 1.41. The molecule has 2 rings (SSSR count). The Balaban J connectivity index is 2.07. The Hall–Kier alpha value is -0.640. The molecule has 1 aliphatic rings. The maximum absolute atomic E-state index is 13.5. The van der Waals surface area contributed by atoms with Gasteiger partial charge >= 0.3 is 0 Å². The molecule has 1 fully saturated rings. The number of piperidine rings is 1. The van der Waals surface area contributed by atoms with Crippen molar-refractivity contribution < 1.29 is 9.50 Å². The Bertz CT molecular complexity index is 425. The highest BCUT2D eigenvalue weighted by Crippen LogP contribution is 2.24. The fourth-order valence-corrected chi connectivity index (χ4v) is 2.77. The maximum Gasteiger partial charge on any atom is 0.126 e. The van der Waals surface area contributed by atoms with Crippen molar-refractivity contribution in [3.63, 3.8) is 0 Å². The summed E-state index contributed by atoms with van der Waals surface area (Å²) in [6.45, 7) is 4.46. The zero-order chi connectivity index (χ0) is 13.1. The number of aliphatic hydroxyl groups is 1. The smallest absolute Gasteiger partial charge is 0.126 e. The number of halogens is 2. The molecule has 4 heteroatoms. The van der Waals surface area contributed by atoms with Crippen LogP contribution in [0, 0.1) is 18.7 Å². The SMILES string of the molecule is Cc1cc(Cl)c(CN2CCCC(CO)C2)cc1F. The summed E-state index contributed by atoms with van der Waals surface area (Å²) in [4.78, 5) is 2.24. The van der Waals surface area contributed by atoms with E-state index in [-0.39, 0.29) is 12.4 Å². The van der Waals surface area contributed by atoms with Gasteiger partial charge in [0.2, 0.25) is 0 Å². The third kappa shape index (κ3) is 3.22. The molecule has 0 saturated carbocycles. The van der Waals surface area contributed by atoms with Crippen LogP contribution in [-0.4, -0.2) is 29.7 Å². The fraction of sp³-hybridized carbons (Fsp3) is 0.571. The van der Waals surface area contributed by atoms with E-state index >= 15 is 0 Å². The second kappa shape index (κ2) is 6.00. The molecule has 1 heterocycles. The van der Waals surface area contributed by atoms with Crippen molar-refractivity contribution in [2.24, 2.45) is 5.92 Å². The first-order valence-electron chi connectivity index (χ1n) is 6.38. The van der Waals surface area contributed by atoms with E-state index in [0.29, 0.717) is 23.0 Å². The summed E-state index contributed by atoms with van der Waals surface area (Å²) in [5, 5.41) is 9.82. The van der Waals surface area contributed by atoms with Crippen molar-refractivity contribution >= 4 is 11.6 Å². The van der Waals surface area contributed by atoms with Crippen molar-refractivity contribution in [3.8, 4) is 0 Å². The number of hydrogen-bond acceptors (Lipinski definition) is 2. The Morgan fingerprint density at radius 1 is 1.50 bits per heavy atom. The lowest BCUT2D eigenvalue weighted by Crippen LogP contribution is -2.36. The van der Waals surface area contributed by atoms with E-state index in [1.165, 1.54) is 6.07 Å². The molecule has 0 spiro atoms. The molecule has 1 aliphatic heterocycles. The lowest BCUT2D eigenvalue weighted by Gasteiger charge is -2.32. The van der Waals surface area contributed by atoms with Crippen molar-refractivity contribution in [1.82, 2.24) is 4.90 Å². The third-order valence-corrected chi connectivity index (χ3v) is 3.93. The molecule has 0 aliphatic carbocycles. The van der Waals surface area contributed by atoms with Crippen LogP contribution in [-0.2, 0) is 6.54 Å². The Kier molecular flexibility index (Phi) is 4.60. The predicted octanol–water partition coefficient (Wildman–Crippen LogP) is 2.99. The van der Waals surface area contributed by atoms with Gasteiger partial charge in [-0.15, -0.1) is 0 Å². The number of rotatable bonds is 3. The van der Waals surface area contributed by atoms with E-state index in [1.54, 1.807) is 13.0 Å². The number of aryl methyl sites for hydroxylation is 1. The van der Waals surface area contributed by atoms with Crippen molar-refractivity contribution in [2.45, 2.75) is 26.3 Å². The van der Waals surface area contributed by atoms with Gasteiger partial charge in [-0.3, -0.25) is 4.90 Å². The first-order valence-corrected chi connectivity index (χ1v) is 6.75. The minimum absolute atomic E-state index is 0.204. The van der Waals surface area contributed by atoms with E-state index < -0.39 is 0 Å². The van der Waals surface area contributed by atoms with Crippen LogP contribution >= 0.6 is 11.6 Å². The van der Waals surface area contributed by atoms with Crippen molar-refractivity contribution in [1.29, 1.82) is 0 Å². The summed E-state index contributed by atoms with van der Waals surface area (Å²) >= 11 is 6.15. The van der Waals surface area contributed by atoms with E-state index in [1.807, 2.05) is 0 Å². The molecule has 1 unspecified atom stereocenters. The lowest BCUT2D eigenvalue weighted by molar-refractivity contribution is 0.116. The first-order chi connectivity index (χ1) is 8.60. The predicted molar refractivity (Wildman–Crippen MR) is 71.2 cm³/mol. The monoisotopic (exact) mass is 271 g/mol. The summed E-state index contributed by atoms with van der Waals surface area (Å²) < 4.78 is 13.5. The molecule has 18 heavy (non-hydrogen) atoms. The summed E-state index contributed by atoms with van der Waals surface area (Å²) in [6, 6.07) is 3.21. The molecule has 1 saturated heterocycles. The van der Waals surface area contributed by atoms with Gasteiger partial charge in [-0.1, -0.05) is 11.6 Å². The van der Waals surface area contributed by atoms with Gasteiger partial charge in [-0.25, -0.2) is 4.39 Å². The molecule has 1 aromatic rings. The standard InChI is InChI=1S/C14H19ClFNO/c1-10-5-13(15)12(6-14(10)16)8-17-4-2-3-11(7-17)9-18/h5-6,11,18H,2-4,7-9H2,1H3. The van der Waals surface area contributed by atoms with Gasteiger partial charge < -0.3 is 5.11 Å². The van der Waals surface area contributed by atoms with Crippen LogP contribution in [0.5, 0.6) is 0 Å². The second-order valence-electron chi connectivity index (χ2n) is 5.12. The van der Waals surface area contributed by atoms with Crippen LogP contribution < -0.4 is 0 Å². The highest BCUT2D eigenvalue weighted by molar-refractivity contribution is 6.31. The van der Waals surface area contributed by atoms with Crippen LogP contribution in [0.4, 0.5) is 4.39 Å². The fourth-order valence-electron chi connectivity index (χ4n) is 2.49. The number of aliphatic hydroxyl groups excluding tert-OH is 1. The van der Waals surface area contributed by atoms with Gasteiger partial charge in [0.05, 0.1) is 0 Å². The molecule has 2 nitrogen and oxygen atoms in total. The quantitative estimate of drug-likeness (QED) is 0.914. The Labute approximate surface area is 112 Å². The average Bonchev–Trinajstić information content (AvgIpc) is 2.36. The topological polar surface area (TPSA) is 23.5 Å².